The molecule has 3 fully saturated rings. The van der Waals surface area contributed by atoms with Crippen molar-refractivity contribution in [2.45, 2.75) is 57.6 Å². The number of ether oxygens (including phenoxy) is 1. The van der Waals surface area contributed by atoms with Crippen molar-refractivity contribution in [1.29, 1.82) is 0 Å². The number of carbonyl (C=O) groups excluding carboxylic acids is 1. The smallest absolute Gasteiger partial charge is 0.407 e. The number of nitro groups is 1. The molecule has 2 saturated heterocycles. The minimum Gasteiger partial charge on any atom is -0.445 e. The Morgan fingerprint density at radius 1 is 1.05 bits per heavy atom. The molecule has 210 valence electrons. The normalized spacial score (nSPS) is 20.0. The molecule has 1 saturated carbocycles. The number of amides is 1. The summed E-state index contributed by atoms with van der Waals surface area (Å²) in [7, 11) is 0. The van der Waals surface area contributed by atoms with Crippen LogP contribution in [0.25, 0.3) is 0 Å². The molecular weight excluding hydrogens is 506 g/mol. The Balaban J connectivity index is 0.976. The number of nitrogens with zero attached hydrogens (tertiary/aromatic N) is 3. The molecule has 2 aliphatic heterocycles. The zero-order valence-corrected chi connectivity index (χ0v) is 22.1. The van der Waals surface area contributed by atoms with Crippen LogP contribution in [0, 0.1) is 33.1 Å². The second-order valence-electron chi connectivity index (χ2n) is 11.4. The van der Waals surface area contributed by atoms with Gasteiger partial charge in [0.2, 0.25) is 5.82 Å². The van der Waals surface area contributed by atoms with Crippen LogP contribution in [0.3, 0.4) is 0 Å². The third-order valence-corrected chi connectivity index (χ3v) is 8.83. The van der Waals surface area contributed by atoms with Crippen molar-refractivity contribution in [1.82, 2.24) is 10.2 Å². The van der Waals surface area contributed by atoms with Crippen LogP contribution in [0.15, 0.2) is 42.5 Å². The van der Waals surface area contributed by atoms with Crippen LogP contribution in [-0.4, -0.2) is 54.7 Å². The Morgan fingerprint density at radius 3 is 2.41 bits per heavy atom. The number of likely N-dealkylation sites (tertiary alicyclic amines) is 1. The van der Waals surface area contributed by atoms with Crippen molar-refractivity contribution in [2.75, 3.05) is 37.6 Å². The van der Waals surface area contributed by atoms with Crippen molar-refractivity contribution in [3.8, 4) is 0 Å². The van der Waals surface area contributed by atoms with Crippen LogP contribution in [-0.2, 0) is 11.3 Å². The highest BCUT2D eigenvalue weighted by atomic mass is 19.1. The lowest BCUT2D eigenvalue weighted by Gasteiger charge is -2.52. The molecule has 3 aliphatic rings. The monoisotopic (exact) mass is 542 g/mol. The number of nitrogens with one attached hydrogen (secondary N) is 1. The van der Waals surface area contributed by atoms with Gasteiger partial charge in [0, 0.05) is 25.2 Å². The molecule has 1 amide bonds. The molecule has 8 nitrogen and oxygen atoms in total. The summed E-state index contributed by atoms with van der Waals surface area (Å²) in [5.74, 6) is -1.22. The van der Waals surface area contributed by atoms with Gasteiger partial charge in [-0.3, -0.25) is 10.1 Å². The first-order valence-electron chi connectivity index (χ1n) is 13.9. The van der Waals surface area contributed by atoms with Gasteiger partial charge in [-0.2, -0.15) is 4.39 Å². The highest BCUT2D eigenvalue weighted by molar-refractivity contribution is 5.67. The van der Waals surface area contributed by atoms with E-state index in [0.717, 1.165) is 76.2 Å². The highest BCUT2D eigenvalue weighted by Gasteiger charge is 2.46. The summed E-state index contributed by atoms with van der Waals surface area (Å²) in [5.41, 5.74) is 0.591. The van der Waals surface area contributed by atoms with Crippen LogP contribution in [0.1, 0.15) is 50.5 Å². The third-order valence-electron chi connectivity index (χ3n) is 8.83. The van der Waals surface area contributed by atoms with Crippen LogP contribution in [0.2, 0.25) is 0 Å². The van der Waals surface area contributed by atoms with E-state index in [0.29, 0.717) is 30.5 Å². The summed E-state index contributed by atoms with van der Waals surface area (Å²) < 4.78 is 33.8. The SMILES string of the molecule is O=C(NC1CC2(CCN(CCC3CCN(c4cc(F)c([N+](=O)[O-])cc4F)CC3)CC2)C1)OCc1ccccc1. The van der Waals surface area contributed by atoms with Crippen molar-refractivity contribution < 1.29 is 23.2 Å². The number of rotatable bonds is 8. The average Bonchev–Trinajstić information content (AvgIpc) is 2.92. The summed E-state index contributed by atoms with van der Waals surface area (Å²) in [4.78, 5) is 26.4. The van der Waals surface area contributed by atoms with Crippen LogP contribution < -0.4 is 10.2 Å². The van der Waals surface area contributed by atoms with Crippen molar-refractivity contribution >= 4 is 17.5 Å². The first-order chi connectivity index (χ1) is 18.8. The molecule has 10 heteroatoms. The molecule has 0 atom stereocenters. The second-order valence-corrected chi connectivity index (χ2v) is 11.4. The quantitative estimate of drug-likeness (QED) is 0.343. The number of piperidine rings is 2. The van der Waals surface area contributed by atoms with Gasteiger partial charge in [0.1, 0.15) is 6.61 Å². The van der Waals surface area contributed by atoms with Gasteiger partial charge in [0.15, 0.2) is 5.82 Å². The molecular formula is C29H36F2N4O4. The molecule has 2 heterocycles. The van der Waals surface area contributed by atoms with E-state index >= 15 is 0 Å². The number of halogens is 2. The maximum Gasteiger partial charge on any atom is 0.407 e. The Labute approximate surface area is 227 Å². The zero-order valence-electron chi connectivity index (χ0n) is 22.1. The van der Waals surface area contributed by atoms with Crippen LogP contribution >= 0.6 is 0 Å². The van der Waals surface area contributed by atoms with E-state index in [4.69, 9.17) is 4.74 Å². The molecule has 1 aliphatic carbocycles. The summed E-state index contributed by atoms with van der Waals surface area (Å²) in [6.45, 7) is 4.68. The van der Waals surface area contributed by atoms with Crippen LogP contribution in [0.5, 0.6) is 0 Å². The first kappa shape index (κ1) is 27.3. The van der Waals surface area contributed by atoms with Gasteiger partial charge in [0.25, 0.3) is 0 Å². The summed E-state index contributed by atoms with van der Waals surface area (Å²) in [6.07, 6.45) is 6.84. The van der Waals surface area contributed by atoms with Gasteiger partial charge in [0.05, 0.1) is 16.7 Å². The molecule has 5 rings (SSSR count). The summed E-state index contributed by atoms with van der Waals surface area (Å²) in [5, 5.41) is 13.9. The Bertz CT molecular complexity index is 1160. The Kier molecular flexibility index (Phi) is 8.30. The maximum absolute atomic E-state index is 14.4. The number of carbonyl (C=O) groups is 1. The number of hydrogen-bond acceptors (Lipinski definition) is 6. The van der Waals surface area contributed by atoms with Crippen molar-refractivity contribution in [3.05, 3.63) is 69.8 Å². The van der Waals surface area contributed by atoms with Gasteiger partial charge in [-0.1, -0.05) is 30.3 Å². The topological polar surface area (TPSA) is 88.0 Å². The average molecular weight is 543 g/mol. The largest absolute Gasteiger partial charge is 0.445 e. The minimum absolute atomic E-state index is 0.107. The highest BCUT2D eigenvalue weighted by Crippen LogP contribution is 2.49. The molecule has 0 unspecified atom stereocenters. The lowest BCUT2D eigenvalue weighted by Crippen LogP contribution is -2.55. The van der Waals surface area contributed by atoms with E-state index in [1.54, 1.807) is 4.90 Å². The predicted molar refractivity (Wildman–Crippen MR) is 143 cm³/mol. The zero-order chi connectivity index (χ0) is 27.4. The number of anilines is 1. The number of nitro benzene ring substituents is 1. The van der Waals surface area contributed by atoms with Gasteiger partial charge < -0.3 is 19.9 Å². The molecule has 2 aromatic carbocycles. The standard InChI is InChI=1S/C29H36F2N4O4/c30-24-17-27(35(37)38)25(31)16-26(24)34-12-7-21(8-13-34)6-11-33-14-9-29(10-15-33)18-23(19-29)32-28(36)39-20-22-4-2-1-3-5-22/h1-5,16-17,21,23H,6-15,18-20H2,(H,32,36). The fraction of sp³-hybridized carbons (Fsp3) is 0.552. The molecule has 1 N–H and O–H groups in total. The molecule has 0 bridgehead atoms. The lowest BCUT2D eigenvalue weighted by atomic mass is 9.60. The van der Waals surface area contributed by atoms with E-state index < -0.39 is 22.2 Å². The fourth-order valence-electron chi connectivity index (χ4n) is 6.41. The predicted octanol–water partition coefficient (Wildman–Crippen LogP) is 5.65. The maximum atomic E-state index is 14.4. The van der Waals surface area contributed by atoms with E-state index in [1.165, 1.54) is 0 Å². The third kappa shape index (κ3) is 6.66. The number of alkyl carbamates (subject to hydrolysis) is 1. The molecule has 39 heavy (non-hydrogen) atoms. The van der Waals surface area contributed by atoms with Gasteiger partial charge in [-0.15, -0.1) is 0 Å². The molecule has 0 aromatic heterocycles. The van der Waals surface area contributed by atoms with E-state index in [9.17, 15) is 23.7 Å². The fourth-order valence-corrected chi connectivity index (χ4v) is 6.41. The second kappa shape index (κ2) is 11.9. The first-order valence-corrected chi connectivity index (χ1v) is 13.9. The van der Waals surface area contributed by atoms with E-state index in [1.807, 2.05) is 30.3 Å². The number of hydrogen-bond donors (Lipinski definition) is 1. The van der Waals surface area contributed by atoms with Crippen molar-refractivity contribution in [2.24, 2.45) is 11.3 Å². The van der Waals surface area contributed by atoms with Crippen molar-refractivity contribution in [3.63, 3.8) is 0 Å². The summed E-state index contributed by atoms with van der Waals surface area (Å²) >= 11 is 0. The number of benzene rings is 2. The van der Waals surface area contributed by atoms with Crippen LogP contribution in [0.4, 0.5) is 25.0 Å². The van der Waals surface area contributed by atoms with E-state index in [-0.39, 0.29) is 24.4 Å². The van der Waals surface area contributed by atoms with E-state index in [2.05, 4.69) is 10.2 Å². The summed E-state index contributed by atoms with van der Waals surface area (Å²) in [6, 6.07) is 11.5. The Hall–Kier alpha value is -3.27. The molecule has 1 spiro atoms. The van der Waals surface area contributed by atoms with Gasteiger partial charge >= 0.3 is 11.8 Å². The molecule has 2 aromatic rings. The van der Waals surface area contributed by atoms with Gasteiger partial charge in [-0.25, -0.2) is 9.18 Å². The van der Waals surface area contributed by atoms with Gasteiger partial charge in [-0.05, 0) is 81.5 Å². The minimum atomic E-state index is -1.00. The molecule has 0 radical (unpaired) electrons. The Morgan fingerprint density at radius 2 is 1.74 bits per heavy atom. The lowest BCUT2D eigenvalue weighted by molar-refractivity contribution is -0.387.